The first-order valence-electron chi connectivity index (χ1n) is 5.25. The second kappa shape index (κ2) is 5.01. The van der Waals surface area contributed by atoms with E-state index in [0.717, 1.165) is 23.5 Å². The van der Waals surface area contributed by atoms with E-state index in [-0.39, 0.29) is 6.04 Å². The molecule has 1 atom stereocenters. The van der Waals surface area contributed by atoms with Crippen LogP contribution in [-0.4, -0.2) is 6.04 Å². The minimum absolute atomic E-state index is 0.135. The molecular formula is C13H14INO. The molecule has 0 radical (unpaired) electrons. The van der Waals surface area contributed by atoms with Crippen molar-refractivity contribution in [3.63, 3.8) is 0 Å². The van der Waals surface area contributed by atoms with Gasteiger partial charge in [-0.2, -0.15) is 0 Å². The van der Waals surface area contributed by atoms with Crippen LogP contribution in [0.2, 0.25) is 0 Å². The highest BCUT2D eigenvalue weighted by atomic mass is 127. The molecule has 0 aliphatic heterocycles. The fourth-order valence-corrected chi connectivity index (χ4v) is 1.93. The van der Waals surface area contributed by atoms with Gasteiger partial charge in [-0.1, -0.05) is 12.1 Å². The van der Waals surface area contributed by atoms with Gasteiger partial charge in [0.1, 0.15) is 11.5 Å². The first-order valence-corrected chi connectivity index (χ1v) is 6.33. The lowest BCUT2D eigenvalue weighted by Crippen LogP contribution is -2.17. The number of nitrogens with two attached hydrogens (primary N) is 1. The van der Waals surface area contributed by atoms with Crippen molar-refractivity contribution in [2.45, 2.75) is 19.4 Å². The van der Waals surface area contributed by atoms with Crippen molar-refractivity contribution in [2.24, 2.45) is 5.73 Å². The van der Waals surface area contributed by atoms with Gasteiger partial charge in [-0.15, -0.1) is 0 Å². The van der Waals surface area contributed by atoms with Gasteiger partial charge >= 0.3 is 0 Å². The Labute approximate surface area is 109 Å². The van der Waals surface area contributed by atoms with E-state index in [9.17, 15) is 0 Å². The van der Waals surface area contributed by atoms with E-state index >= 15 is 0 Å². The monoisotopic (exact) mass is 327 g/mol. The first kappa shape index (κ1) is 11.7. The Hall–Kier alpha value is -0.810. The summed E-state index contributed by atoms with van der Waals surface area (Å²) in [5, 5.41) is 0. The van der Waals surface area contributed by atoms with Crippen molar-refractivity contribution in [2.75, 3.05) is 0 Å². The molecule has 0 spiro atoms. The van der Waals surface area contributed by atoms with Crippen LogP contribution in [0.15, 0.2) is 40.8 Å². The van der Waals surface area contributed by atoms with Crippen LogP contribution in [0, 0.1) is 3.57 Å². The number of hydrogen-bond donors (Lipinski definition) is 1. The number of benzene rings is 1. The third kappa shape index (κ3) is 2.86. The molecule has 3 heteroatoms. The van der Waals surface area contributed by atoms with Crippen LogP contribution in [-0.2, 0) is 6.42 Å². The van der Waals surface area contributed by atoms with Crippen molar-refractivity contribution in [1.29, 1.82) is 0 Å². The van der Waals surface area contributed by atoms with Crippen LogP contribution in [0.5, 0.6) is 0 Å². The number of hydrogen-bond acceptors (Lipinski definition) is 2. The Kier molecular flexibility index (Phi) is 3.66. The van der Waals surface area contributed by atoms with E-state index in [1.807, 2.05) is 19.1 Å². The molecule has 2 aromatic rings. The molecule has 2 nitrogen and oxygen atoms in total. The normalized spacial score (nSPS) is 12.7. The lowest BCUT2D eigenvalue weighted by Gasteiger charge is -2.01. The standard InChI is InChI=1S/C13H14INO/c1-9(15)8-12-6-7-13(16-12)10-2-4-11(14)5-3-10/h2-7,9H,8,15H2,1H3. The number of furan rings is 1. The fraction of sp³-hybridized carbons (Fsp3) is 0.231. The van der Waals surface area contributed by atoms with Gasteiger partial charge in [0.25, 0.3) is 0 Å². The summed E-state index contributed by atoms with van der Waals surface area (Å²) in [5.74, 6) is 1.86. The Balaban J connectivity index is 2.21. The molecule has 0 fully saturated rings. The summed E-state index contributed by atoms with van der Waals surface area (Å²) in [5.41, 5.74) is 6.84. The fourth-order valence-electron chi connectivity index (χ4n) is 1.57. The number of rotatable bonds is 3. The van der Waals surface area contributed by atoms with E-state index in [0.29, 0.717) is 0 Å². The largest absolute Gasteiger partial charge is 0.461 e. The lowest BCUT2D eigenvalue weighted by atomic mass is 10.2. The van der Waals surface area contributed by atoms with Crippen molar-refractivity contribution >= 4 is 22.6 Å². The molecule has 1 heterocycles. The first-order chi connectivity index (χ1) is 7.65. The van der Waals surface area contributed by atoms with E-state index in [2.05, 4.69) is 46.9 Å². The number of halogens is 1. The van der Waals surface area contributed by atoms with Gasteiger partial charge in [0.2, 0.25) is 0 Å². The molecule has 84 valence electrons. The van der Waals surface area contributed by atoms with Crippen molar-refractivity contribution in [1.82, 2.24) is 0 Å². The third-order valence-electron chi connectivity index (χ3n) is 2.31. The Morgan fingerprint density at radius 1 is 1.19 bits per heavy atom. The van der Waals surface area contributed by atoms with Gasteiger partial charge in [-0.3, -0.25) is 0 Å². The summed E-state index contributed by atoms with van der Waals surface area (Å²) < 4.78 is 6.96. The topological polar surface area (TPSA) is 39.2 Å². The molecule has 0 saturated heterocycles. The highest BCUT2D eigenvalue weighted by Gasteiger charge is 2.06. The van der Waals surface area contributed by atoms with E-state index < -0.39 is 0 Å². The van der Waals surface area contributed by atoms with Crippen LogP contribution in [0.1, 0.15) is 12.7 Å². The molecule has 2 N–H and O–H groups in total. The molecule has 0 amide bonds. The quantitative estimate of drug-likeness (QED) is 0.877. The molecule has 1 unspecified atom stereocenters. The van der Waals surface area contributed by atoms with E-state index in [1.165, 1.54) is 3.57 Å². The summed E-state index contributed by atoms with van der Waals surface area (Å²) in [6, 6.07) is 12.4. The van der Waals surface area contributed by atoms with Gasteiger partial charge in [0.15, 0.2) is 0 Å². The van der Waals surface area contributed by atoms with Crippen LogP contribution < -0.4 is 5.73 Å². The predicted octanol–water partition coefficient (Wildman–Crippen LogP) is 3.44. The Bertz CT molecular complexity index is 459. The van der Waals surface area contributed by atoms with Crippen molar-refractivity contribution < 1.29 is 4.42 Å². The predicted molar refractivity (Wildman–Crippen MR) is 74.2 cm³/mol. The zero-order chi connectivity index (χ0) is 11.5. The van der Waals surface area contributed by atoms with Gasteiger partial charge in [0.05, 0.1) is 0 Å². The smallest absolute Gasteiger partial charge is 0.134 e. The average Bonchev–Trinajstić information content (AvgIpc) is 2.66. The van der Waals surface area contributed by atoms with Gasteiger partial charge < -0.3 is 10.2 Å². The van der Waals surface area contributed by atoms with Gasteiger partial charge in [0, 0.05) is 21.6 Å². The maximum absolute atomic E-state index is 5.74. The van der Waals surface area contributed by atoms with E-state index in [1.54, 1.807) is 0 Å². The second-order valence-corrected chi connectivity index (χ2v) is 5.20. The second-order valence-electron chi connectivity index (χ2n) is 3.95. The minimum Gasteiger partial charge on any atom is -0.461 e. The molecule has 0 saturated carbocycles. The average molecular weight is 327 g/mol. The maximum Gasteiger partial charge on any atom is 0.134 e. The summed E-state index contributed by atoms with van der Waals surface area (Å²) in [6.45, 7) is 1.98. The molecule has 2 rings (SSSR count). The molecule has 0 aliphatic carbocycles. The van der Waals surface area contributed by atoms with Crippen molar-refractivity contribution in [3.05, 3.63) is 45.7 Å². The zero-order valence-corrected chi connectivity index (χ0v) is 11.3. The Morgan fingerprint density at radius 2 is 1.88 bits per heavy atom. The molecule has 1 aromatic carbocycles. The van der Waals surface area contributed by atoms with Gasteiger partial charge in [-0.05, 0) is 53.8 Å². The van der Waals surface area contributed by atoms with Crippen LogP contribution in [0.3, 0.4) is 0 Å². The SMILES string of the molecule is CC(N)Cc1ccc(-c2ccc(I)cc2)o1. The van der Waals surface area contributed by atoms with E-state index in [4.69, 9.17) is 10.2 Å². The third-order valence-corrected chi connectivity index (χ3v) is 3.03. The Morgan fingerprint density at radius 3 is 2.50 bits per heavy atom. The zero-order valence-electron chi connectivity index (χ0n) is 9.11. The minimum atomic E-state index is 0.135. The lowest BCUT2D eigenvalue weighted by molar-refractivity contribution is 0.503. The van der Waals surface area contributed by atoms with Crippen LogP contribution in [0.25, 0.3) is 11.3 Å². The highest BCUT2D eigenvalue weighted by Crippen LogP contribution is 2.23. The molecule has 0 bridgehead atoms. The van der Waals surface area contributed by atoms with Crippen LogP contribution >= 0.6 is 22.6 Å². The summed E-state index contributed by atoms with van der Waals surface area (Å²) in [6.07, 6.45) is 0.782. The molecular weight excluding hydrogens is 313 g/mol. The molecule has 0 aliphatic rings. The molecule has 1 aromatic heterocycles. The van der Waals surface area contributed by atoms with Gasteiger partial charge in [-0.25, -0.2) is 0 Å². The molecule has 16 heavy (non-hydrogen) atoms. The summed E-state index contributed by atoms with van der Waals surface area (Å²) in [4.78, 5) is 0. The van der Waals surface area contributed by atoms with Crippen LogP contribution in [0.4, 0.5) is 0 Å². The summed E-state index contributed by atoms with van der Waals surface area (Å²) >= 11 is 2.29. The highest BCUT2D eigenvalue weighted by molar-refractivity contribution is 14.1. The summed E-state index contributed by atoms with van der Waals surface area (Å²) in [7, 11) is 0. The maximum atomic E-state index is 5.74. The van der Waals surface area contributed by atoms with Crippen molar-refractivity contribution in [3.8, 4) is 11.3 Å².